The molecule has 0 spiro atoms. The molecule has 1 aromatic rings. The van der Waals surface area contributed by atoms with Crippen molar-refractivity contribution < 1.29 is 9.47 Å². The SMILES string of the molecule is CC(C)C.CCOCCCC(C)(C)NNc1ccc(OC)cc1. The minimum atomic E-state index is 0.0248. The number of methoxy groups -OCH3 is 1. The lowest BCUT2D eigenvalue weighted by molar-refractivity contribution is 0.137. The van der Waals surface area contributed by atoms with Crippen molar-refractivity contribution in [1.82, 2.24) is 5.43 Å². The number of rotatable bonds is 9. The minimum Gasteiger partial charge on any atom is -0.497 e. The minimum absolute atomic E-state index is 0.0248. The molecule has 4 heteroatoms. The first-order chi connectivity index (χ1) is 10.8. The molecule has 23 heavy (non-hydrogen) atoms. The number of anilines is 1. The van der Waals surface area contributed by atoms with Gasteiger partial charge in [0.2, 0.25) is 0 Å². The third-order valence-corrected chi connectivity index (χ3v) is 2.93. The van der Waals surface area contributed by atoms with E-state index in [-0.39, 0.29) is 5.54 Å². The molecule has 1 aromatic carbocycles. The van der Waals surface area contributed by atoms with Gasteiger partial charge in [-0.2, -0.15) is 0 Å². The van der Waals surface area contributed by atoms with Gasteiger partial charge >= 0.3 is 0 Å². The van der Waals surface area contributed by atoms with E-state index in [1.54, 1.807) is 7.11 Å². The molecular weight excluding hydrogens is 288 g/mol. The first kappa shape index (κ1) is 21.7. The van der Waals surface area contributed by atoms with Gasteiger partial charge < -0.3 is 14.9 Å². The average molecular weight is 325 g/mol. The van der Waals surface area contributed by atoms with Crippen LogP contribution in [-0.2, 0) is 4.74 Å². The third kappa shape index (κ3) is 12.9. The number of nitrogens with one attached hydrogen (secondary N) is 2. The summed E-state index contributed by atoms with van der Waals surface area (Å²) in [5.74, 6) is 1.70. The van der Waals surface area contributed by atoms with Gasteiger partial charge in [0.05, 0.1) is 7.11 Å². The predicted molar refractivity (Wildman–Crippen MR) is 100 cm³/mol. The Kier molecular flexibility index (Phi) is 11.5. The molecule has 0 aliphatic heterocycles. The molecule has 0 fully saturated rings. The summed E-state index contributed by atoms with van der Waals surface area (Å²) in [6, 6.07) is 7.85. The lowest BCUT2D eigenvalue weighted by Crippen LogP contribution is -2.43. The van der Waals surface area contributed by atoms with E-state index in [9.17, 15) is 0 Å². The van der Waals surface area contributed by atoms with E-state index >= 15 is 0 Å². The zero-order valence-electron chi connectivity index (χ0n) is 16.0. The number of ether oxygens (including phenoxy) is 2. The summed E-state index contributed by atoms with van der Waals surface area (Å²) in [6.45, 7) is 14.5. The molecule has 0 saturated heterocycles. The van der Waals surface area contributed by atoms with Crippen LogP contribution in [0.15, 0.2) is 24.3 Å². The molecule has 0 radical (unpaired) electrons. The second-order valence-corrected chi connectivity index (χ2v) is 6.89. The molecule has 0 heterocycles. The standard InChI is InChI=1S/C15H26N2O2.C4H10/c1-5-19-12-6-11-15(2,3)17-16-13-7-9-14(18-4)10-8-13;1-4(2)3/h7-10,16-17H,5-6,11-12H2,1-4H3;4H,1-3H3. The van der Waals surface area contributed by atoms with Crippen LogP contribution in [0.2, 0.25) is 0 Å². The summed E-state index contributed by atoms with van der Waals surface area (Å²) < 4.78 is 10.5. The number of hydrogen-bond donors (Lipinski definition) is 2. The molecule has 0 aliphatic rings. The van der Waals surface area contributed by atoms with Crippen LogP contribution in [0.25, 0.3) is 0 Å². The average Bonchev–Trinajstić information content (AvgIpc) is 2.50. The van der Waals surface area contributed by atoms with Crippen LogP contribution in [0.5, 0.6) is 5.75 Å². The molecule has 0 aromatic heterocycles. The Morgan fingerprint density at radius 3 is 2.13 bits per heavy atom. The van der Waals surface area contributed by atoms with E-state index in [1.165, 1.54) is 0 Å². The topological polar surface area (TPSA) is 42.5 Å². The van der Waals surface area contributed by atoms with E-state index in [0.29, 0.717) is 0 Å². The maximum Gasteiger partial charge on any atom is 0.119 e. The zero-order chi connectivity index (χ0) is 17.7. The lowest BCUT2D eigenvalue weighted by atomic mass is 10.00. The lowest BCUT2D eigenvalue weighted by Gasteiger charge is -2.27. The van der Waals surface area contributed by atoms with Gasteiger partial charge in [-0.15, -0.1) is 0 Å². The molecule has 2 N–H and O–H groups in total. The molecule has 134 valence electrons. The summed E-state index contributed by atoms with van der Waals surface area (Å²) in [5.41, 5.74) is 7.63. The van der Waals surface area contributed by atoms with Gasteiger partial charge in [0.15, 0.2) is 0 Å². The van der Waals surface area contributed by atoms with Gasteiger partial charge in [0.25, 0.3) is 0 Å². The van der Waals surface area contributed by atoms with Crippen molar-refractivity contribution in [2.24, 2.45) is 5.92 Å². The highest BCUT2D eigenvalue weighted by atomic mass is 16.5. The molecule has 1 rings (SSSR count). The fraction of sp³-hybridized carbons (Fsp3) is 0.684. The van der Waals surface area contributed by atoms with Crippen molar-refractivity contribution >= 4 is 5.69 Å². The van der Waals surface area contributed by atoms with Crippen molar-refractivity contribution in [3.8, 4) is 5.75 Å². The Morgan fingerprint density at radius 1 is 1.09 bits per heavy atom. The highest BCUT2D eigenvalue weighted by molar-refractivity contribution is 5.45. The predicted octanol–water partition coefficient (Wildman–Crippen LogP) is 4.87. The Labute approximate surface area is 142 Å². The van der Waals surface area contributed by atoms with Gasteiger partial charge in [0.1, 0.15) is 5.75 Å². The highest BCUT2D eigenvalue weighted by Crippen LogP contribution is 2.16. The summed E-state index contributed by atoms with van der Waals surface area (Å²) in [5, 5.41) is 0. The Balaban J connectivity index is 0.00000108. The molecule has 0 amide bonds. The molecule has 4 nitrogen and oxygen atoms in total. The molecule has 0 atom stereocenters. The molecule has 0 aliphatic carbocycles. The van der Waals surface area contributed by atoms with Crippen LogP contribution in [0, 0.1) is 5.92 Å². The first-order valence-corrected chi connectivity index (χ1v) is 8.55. The monoisotopic (exact) mass is 324 g/mol. The smallest absolute Gasteiger partial charge is 0.119 e. The third-order valence-electron chi connectivity index (χ3n) is 2.93. The van der Waals surface area contributed by atoms with Crippen LogP contribution in [0.1, 0.15) is 54.4 Å². The summed E-state index contributed by atoms with van der Waals surface area (Å²) in [7, 11) is 1.67. The molecule has 0 bridgehead atoms. The first-order valence-electron chi connectivity index (χ1n) is 8.55. The largest absolute Gasteiger partial charge is 0.497 e. The Bertz CT molecular complexity index is 386. The molecular formula is C19H36N2O2. The van der Waals surface area contributed by atoms with Crippen molar-refractivity contribution in [3.05, 3.63) is 24.3 Å². The van der Waals surface area contributed by atoms with Crippen LogP contribution in [0.3, 0.4) is 0 Å². The van der Waals surface area contributed by atoms with Crippen molar-refractivity contribution in [2.75, 3.05) is 25.7 Å². The fourth-order valence-corrected chi connectivity index (χ4v) is 1.74. The highest BCUT2D eigenvalue weighted by Gasteiger charge is 2.16. The summed E-state index contributed by atoms with van der Waals surface area (Å²) >= 11 is 0. The van der Waals surface area contributed by atoms with Gasteiger partial charge in [-0.25, -0.2) is 5.43 Å². The van der Waals surface area contributed by atoms with E-state index in [0.717, 1.165) is 43.4 Å². The number of hydrazine groups is 1. The summed E-state index contributed by atoms with van der Waals surface area (Å²) in [6.07, 6.45) is 2.11. The van der Waals surface area contributed by atoms with Gasteiger partial charge in [0, 0.05) is 24.4 Å². The second kappa shape index (κ2) is 12.2. The van der Waals surface area contributed by atoms with Gasteiger partial charge in [-0.05, 0) is 63.8 Å². The van der Waals surface area contributed by atoms with Crippen molar-refractivity contribution in [3.63, 3.8) is 0 Å². The van der Waals surface area contributed by atoms with E-state index in [1.807, 2.05) is 31.2 Å². The molecule has 0 saturated carbocycles. The van der Waals surface area contributed by atoms with Gasteiger partial charge in [-0.3, -0.25) is 0 Å². The van der Waals surface area contributed by atoms with E-state index in [4.69, 9.17) is 9.47 Å². The maximum atomic E-state index is 5.36. The summed E-state index contributed by atoms with van der Waals surface area (Å²) in [4.78, 5) is 0. The van der Waals surface area contributed by atoms with E-state index in [2.05, 4.69) is 45.5 Å². The quantitative estimate of drug-likeness (QED) is 0.502. The normalized spacial score (nSPS) is 11.0. The maximum absolute atomic E-state index is 5.36. The molecule has 0 unspecified atom stereocenters. The second-order valence-electron chi connectivity index (χ2n) is 6.89. The fourth-order valence-electron chi connectivity index (χ4n) is 1.74. The van der Waals surface area contributed by atoms with Crippen molar-refractivity contribution in [2.45, 2.75) is 59.9 Å². The van der Waals surface area contributed by atoms with E-state index < -0.39 is 0 Å². The zero-order valence-corrected chi connectivity index (χ0v) is 16.0. The number of benzene rings is 1. The van der Waals surface area contributed by atoms with Crippen LogP contribution >= 0.6 is 0 Å². The van der Waals surface area contributed by atoms with Crippen molar-refractivity contribution in [1.29, 1.82) is 0 Å². The number of hydrogen-bond acceptors (Lipinski definition) is 4. The Morgan fingerprint density at radius 2 is 1.65 bits per heavy atom. The van der Waals surface area contributed by atoms with Gasteiger partial charge in [-0.1, -0.05) is 20.8 Å². The van der Waals surface area contributed by atoms with Crippen LogP contribution in [0.4, 0.5) is 5.69 Å². The van der Waals surface area contributed by atoms with Crippen LogP contribution in [-0.4, -0.2) is 25.9 Å². The Hall–Kier alpha value is -1.26. The van der Waals surface area contributed by atoms with Crippen LogP contribution < -0.4 is 15.6 Å².